The molecule has 0 radical (unpaired) electrons. The second-order valence-electron chi connectivity index (χ2n) is 5.49. The highest BCUT2D eigenvalue weighted by Crippen LogP contribution is 2.20. The summed E-state index contributed by atoms with van der Waals surface area (Å²) in [6, 6.07) is 7.31. The summed E-state index contributed by atoms with van der Waals surface area (Å²) in [5.41, 5.74) is 2.29. The minimum atomic E-state index is -0.507. The number of nitro groups is 1. The maximum Gasteiger partial charge on any atom is 0.269 e. The molecule has 0 saturated carbocycles. The fourth-order valence-corrected chi connectivity index (χ4v) is 2.62. The molecule has 1 N–H and O–H groups in total. The largest absolute Gasteiger partial charge is 0.356 e. The SMILES string of the molecule is CCNC(=O)Cc1cc(C)c(C(=O)c2ccc([N+](=O)[O-])cc2)n1C. The molecule has 1 aromatic heterocycles. The number of ketones is 1. The standard InChI is InChI=1S/C17H19N3O4/c1-4-18-15(21)10-14-9-11(2)16(19(14)3)17(22)12-5-7-13(8-6-12)20(23)24/h5-9H,4,10H2,1-3H3,(H,18,21). The number of carbonyl (C=O) groups is 2. The summed E-state index contributed by atoms with van der Waals surface area (Å²) in [6.07, 6.45) is 0.193. The van der Waals surface area contributed by atoms with E-state index in [-0.39, 0.29) is 23.8 Å². The van der Waals surface area contributed by atoms with Crippen LogP contribution in [0.15, 0.2) is 30.3 Å². The molecule has 0 spiro atoms. The zero-order chi connectivity index (χ0) is 17.9. The molecule has 7 nitrogen and oxygen atoms in total. The van der Waals surface area contributed by atoms with Gasteiger partial charge in [-0.3, -0.25) is 19.7 Å². The first-order chi connectivity index (χ1) is 11.3. The maximum atomic E-state index is 12.7. The number of nitrogens with zero attached hydrogens (tertiary/aromatic N) is 2. The van der Waals surface area contributed by atoms with Gasteiger partial charge in [0.1, 0.15) is 0 Å². The lowest BCUT2D eigenvalue weighted by atomic mass is 10.1. The molecule has 0 aliphatic heterocycles. The van der Waals surface area contributed by atoms with Gasteiger partial charge in [0.15, 0.2) is 0 Å². The smallest absolute Gasteiger partial charge is 0.269 e. The fraction of sp³-hybridized carbons (Fsp3) is 0.294. The third kappa shape index (κ3) is 3.51. The summed E-state index contributed by atoms with van der Waals surface area (Å²) in [7, 11) is 1.74. The van der Waals surface area contributed by atoms with Crippen LogP contribution in [0.2, 0.25) is 0 Å². The van der Waals surface area contributed by atoms with Crippen LogP contribution in [0.4, 0.5) is 5.69 Å². The minimum absolute atomic E-state index is 0.0629. The Morgan fingerprint density at radius 2 is 1.88 bits per heavy atom. The van der Waals surface area contributed by atoms with Gasteiger partial charge in [0, 0.05) is 37.0 Å². The molecule has 0 saturated heterocycles. The number of rotatable bonds is 6. The van der Waals surface area contributed by atoms with Crippen LogP contribution in [0.5, 0.6) is 0 Å². The fourth-order valence-electron chi connectivity index (χ4n) is 2.62. The molecule has 2 aromatic rings. The number of nitrogens with one attached hydrogen (secondary N) is 1. The number of aryl methyl sites for hydroxylation is 1. The molecule has 0 aliphatic rings. The summed E-state index contributed by atoms with van der Waals surface area (Å²) in [6.45, 7) is 4.20. The summed E-state index contributed by atoms with van der Waals surface area (Å²) in [5, 5.41) is 13.4. The van der Waals surface area contributed by atoms with E-state index in [1.807, 2.05) is 13.0 Å². The van der Waals surface area contributed by atoms with Crippen LogP contribution in [-0.2, 0) is 18.3 Å². The molecule has 1 aromatic carbocycles. The summed E-state index contributed by atoms with van der Waals surface area (Å²) in [4.78, 5) is 34.6. The summed E-state index contributed by atoms with van der Waals surface area (Å²) < 4.78 is 1.70. The van der Waals surface area contributed by atoms with Gasteiger partial charge in [0.05, 0.1) is 17.0 Å². The lowest BCUT2D eigenvalue weighted by Crippen LogP contribution is -2.25. The highest BCUT2D eigenvalue weighted by molar-refractivity contribution is 6.09. The van der Waals surface area contributed by atoms with Crippen molar-refractivity contribution in [1.29, 1.82) is 0 Å². The van der Waals surface area contributed by atoms with Gasteiger partial charge < -0.3 is 9.88 Å². The van der Waals surface area contributed by atoms with Gasteiger partial charge in [-0.1, -0.05) is 0 Å². The molecule has 0 unspecified atom stereocenters. The Hall–Kier alpha value is -2.96. The van der Waals surface area contributed by atoms with Crippen molar-refractivity contribution in [1.82, 2.24) is 9.88 Å². The van der Waals surface area contributed by atoms with E-state index in [1.54, 1.807) is 18.5 Å². The van der Waals surface area contributed by atoms with Crippen molar-refractivity contribution in [2.24, 2.45) is 7.05 Å². The van der Waals surface area contributed by atoms with Crippen molar-refractivity contribution in [2.45, 2.75) is 20.3 Å². The number of amides is 1. The van der Waals surface area contributed by atoms with Crippen molar-refractivity contribution < 1.29 is 14.5 Å². The number of aromatic nitrogens is 1. The third-order valence-electron chi connectivity index (χ3n) is 3.79. The van der Waals surface area contributed by atoms with Crippen LogP contribution in [0, 0.1) is 17.0 Å². The predicted octanol–water partition coefficient (Wildman–Crippen LogP) is 2.15. The Labute approximate surface area is 139 Å². The quantitative estimate of drug-likeness (QED) is 0.499. The second kappa shape index (κ2) is 7.08. The van der Waals surface area contributed by atoms with E-state index in [0.29, 0.717) is 17.8 Å². The van der Waals surface area contributed by atoms with Crippen molar-refractivity contribution in [2.75, 3.05) is 6.54 Å². The Morgan fingerprint density at radius 1 is 1.25 bits per heavy atom. The normalized spacial score (nSPS) is 10.5. The summed E-state index contributed by atoms with van der Waals surface area (Å²) >= 11 is 0. The Bertz CT molecular complexity index is 791. The minimum Gasteiger partial charge on any atom is -0.356 e. The molecule has 0 fully saturated rings. The molecule has 0 aliphatic carbocycles. The van der Waals surface area contributed by atoms with Crippen molar-refractivity contribution in [3.05, 3.63) is 63.0 Å². The average Bonchev–Trinajstić information content (AvgIpc) is 2.81. The zero-order valence-electron chi connectivity index (χ0n) is 13.8. The number of non-ortho nitro benzene ring substituents is 1. The third-order valence-corrected chi connectivity index (χ3v) is 3.79. The van der Waals surface area contributed by atoms with E-state index in [4.69, 9.17) is 0 Å². The van der Waals surface area contributed by atoms with Crippen LogP contribution in [-0.4, -0.2) is 27.7 Å². The van der Waals surface area contributed by atoms with Crippen LogP contribution in [0.25, 0.3) is 0 Å². The molecule has 1 heterocycles. The second-order valence-corrected chi connectivity index (χ2v) is 5.49. The number of nitro benzene ring substituents is 1. The van der Waals surface area contributed by atoms with E-state index >= 15 is 0 Å². The van der Waals surface area contributed by atoms with Crippen LogP contribution in [0.1, 0.15) is 34.2 Å². The van der Waals surface area contributed by atoms with Crippen molar-refractivity contribution >= 4 is 17.4 Å². The van der Waals surface area contributed by atoms with Crippen molar-refractivity contribution in [3.8, 4) is 0 Å². The number of likely N-dealkylation sites (N-methyl/N-ethyl adjacent to an activating group) is 1. The molecule has 126 valence electrons. The molecule has 2 rings (SSSR count). The lowest BCUT2D eigenvalue weighted by molar-refractivity contribution is -0.384. The molecular weight excluding hydrogens is 310 g/mol. The molecule has 24 heavy (non-hydrogen) atoms. The van der Waals surface area contributed by atoms with E-state index < -0.39 is 4.92 Å². The summed E-state index contributed by atoms with van der Waals surface area (Å²) in [5.74, 6) is -0.334. The van der Waals surface area contributed by atoms with Gasteiger partial charge >= 0.3 is 0 Å². The molecule has 0 bridgehead atoms. The average molecular weight is 329 g/mol. The lowest BCUT2D eigenvalue weighted by Gasteiger charge is -2.08. The highest BCUT2D eigenvalue weighted by Gasteiger charge is 2.20. The van der Waals surface area contributed by atoms with Gasteiger partial charge in [-0.2, -0.15) is 0 Å². The van der Waals surface area contributed by atoms with E-state index in [0.717, 1.165) is 11.3 Å². The van der Waals surface area contributed by atoms with Gasteiger partial charge in [-0.05, 0) is 37.6 Å². The first-order valence-electron chi connectivity index (χ1n) is 7.56. The van der Waals surface area contributed by atoms with Crippen molar-refractivity contribution in [3.63, 3.8) is 0 Å². The van der Waals surface area contributed by atoms with E-state index in [1.165, 1.54) is 24.3 Å². The topological polar surface area (TPSA) is 94.2 Å². The zero-order valence-corrected chi connectivity index (χ0v) is 13.8. The first-order valence-corrected chi connectivity index (χ1v) is 7.56. The maximum absolute atomic E-state index is 12.7. The van der Waals surface area contributed by atoms with Gasteiger partial charge in [-0.25, -0.2) is 0 Å². The molecule has 7 heteroatoms. The number of benzene rings is 1. The first kappa shape index (κ1) is 17.4. The number of hydrogen-bond acceptors (Lipinski definition) is 4. The van der Waals surface area contributed by atoms with Crippen LogP contribution >= 0.6 is 0 Å². The number of carbonyl (C=O) groups excluding carboxylic acids is 2. The van der Waals surface area contributed by atoms with E-state index in [2.05, 4.69) is 5.32 Å². The molecular formula is C17H19N3O4. The Kier molecular flexibility index (Phi) is 5.13. The highest BCUT2D eigenvalue weighted by atomic mass is 16.6. The molecule has 0 atom stereocenters. The van der Waals surface area contributed by atoms with E-state index in [9.17, 15) is 19.7 Å². The van der Waals surface area contributed by atoms with Crippen LogP contribution in [0.3, 0.4) is 0 Å². The van der Waals surface area contributed by atoms with Gasteiger partial charge in [0.25, 0.3) is 5.69 Å². The number of hydrogen-bond donors (Lipinski definition) is 1. The van der Waals surface area contributed by atoms with Crippen LogP contribution < -0.4 is 5.32 Å². The Balaban J connectivity index is 2.31. The monoisotopic (exact) mass is 329 g/mol. The van der Waals surface area contributed by atoms with Gasteiger partial charge in [0.2, 0.25) is 11.7 Å². The molecule has 1 amide bonds. The predicted molar refractivity (Wildman–Crippen MR) is 89.1 cm³/mol. The Morgan fingerprint density at radius 3 is 2.42 bits per heavy atom. The van der Waals surface area contributed by atoms with Gasteiger partial charge in [-0.15, -0.1) is 0 Å².